The Bertz CT molecular complexity index is 499. The van der Waals surface area contributed by atoms with Crippen molar-refractivity contribution in [1.82, 2.24) is 10.2 Å². The lowest BCUT2D eigenvalue weighted by atomic mass is 9.97. The van der Waals surface area contributed by atoms with Gasteiger partial charge in [0.25, 0.3) is 0 Å². The van der Waals surface area contributed by atoms with Crippen molar-refractivity contribution in [2.45, 2.75) is 33.2 Å². The van der Waals surface area contributed by atoms with Gasteiger partial charge in [-0.15, -0.1) is 11.3 Å². The number of likely N-dealkylation sites (tertiary alicyclic amines) is 1. The molecule has 1 fully saturated rings. The highest BCUT2D eigenvalue weighted by Crippen LogP contribution is 2.20. The maximum atomic E-state index is 12.1. The van der Waals surface area contributed by atoms with Gasteiger partial charge in [0.05, 0.1) is 12.5 Å². The topological polar surface area (TPSA) is 69.6 Å². The van der Waals surface area contributed by atoms with Gasteiger partial charge in [0.1, 0.15) is 0 Å². The van der Waals surface area contributed by atoms with Gasteiger partial charge in [-0.2, -0.15) is 0 Å². The molecule has 2 N–H and O–H groups in total. The highest BCUT2D eigenvalue weighted by molar-refractivity contribution is 7.12. The number of hydrogen-bond donors (Lipinski definition) is 2. The van der Waals surface area contributed by atoms with Crippen molar-refractivity contribution in [1.29, 1.82) is 0 Å². The Morgan fingerprint density at radius 2 is 2.05 bits per heavy atom. The summed E-state index contributed by atoms with van der Waals surface area (Å²) in [6.07, 6.45) is 1.12. The van der Waals surface area contributed by atoms with Crippen molar-refractivity contribution in [2.24, 2.45) is 5.92 Å². The Balaban J connectivity index is 1.71. The van der Waals surface area contributed by atoms with Crippen molar-refractivity contribution < 1.29 is 14.7 Å². The number of carbonyl (C=O) groups is 2. The number of aryl methyl sites for hydroxylation is 2. The van der Waals surface area contributed by atoms with Crippen LogP contribution in [0.1, 0.15) is 28.2 Å². The van der Waals surface area contributed by atoms with Gasteiger partial charge in [0.15, 0.2) is 0 Å². The Labute approximate surface area is 129 Å². The fourth-order valence-electron chi connectivity index (χ4n) is 2.52. The van der Waals surface area contributed by atoms with Crippen LogP contribution in [0.3, 0.4) is 0 Å². The molecule has 1 aromatic rings. The van der Waals surface area contributed by atoms with Gasteiger partial charge in [-0.1, -0.05) is 0 Å². The zero-order valence-electron chi connectivity index (χ0n) is 12.5. The molecule has 0 aromatic carbocycles. The number of aliphatic carboxylic acids is 1. The molecule has 0 atom stereocenters. The number of nitrogens with one attached hydrogen (secondary N) is 1. The second-order valence-corrected chi connectivity index (χ2v) is 6.89. The summed E-state index contributed by atoms with van der Waals surface area (Å²) in [5.41, 5.74) is 1.29. The van der Waals surface area contributed by atoms with Crippen LogP contribution < -0.4 is 5.32 Å². The van der Waals surface area contributed by atoms with Crippen LogP contribution in [0.25, 0.3) is 0 Å². The van der Waals surface area contributed by atoms with Crippen LogP contribution in [0.15, 0.2) is 6.07 Å². The Hall–Kier alpha value is -1.40. The van der Waals surface area contributed by atoms with Gasteiger partial charge in [-0.25, -0.2) is 0 Å². The number of thiophene rings is 1. The van der Waals surface area contributed by atoms with Crippen LogP contribution in [0.4, 0.5) is 0 Å². The number of piperidine rings is 1. The van der Waals surface area contributed by atoms with Crippen LogP contribution in [0.2, 0.25) is 0 Å². The van der Waals surface area contributed by atoms with E-state index in [1.54, 1.807) is 16.2 Å². The zero-order chi connectivity index (χ0) is 15.4. The number of nitrogens with zero attached hydrogens (tertiary/aromatic N) is 1. The summed E-state index contributed by atoms with van der Waals surface area (Å²) >= 11 is 1.75. The molecule has 0 aliphatic carbocycles. The molecule has 1 aliphatic rings. The molecule has 1 amide bonds. The lowest BCUT2D eigenvalue weighted by Gasteiger charge is -2.30. The van der Waals surface area contributed by atoms with Gasteiger partial charge in [0.2, 0.25) is 5.91 Å². The van der Waals surface area contributed by atoms with Gasteiger partial charge in [-0.3, -0.25) is 9.59 Å². The number of rotatable bonds is 5. The third-order valence-electron chi connectivity index (χ3n) is 3.99. The average molecular weight is 310 g/mol. The third-order valence-corrected chi connectivity index (χ3v) is 5.14. The van der Waals surface area contributed by atoms with Crippen LogP contribution in [0, 0.1) is 19.8 Å². The predicted molar refractivity (Wildman–Crippen MR) is 82.4 cm³/mol. The molecule has 21 heavy (non-hydrogen) atoms. The molecular weight excluding hydrogens is 288 g/mol. The van der Waals surface area contributed by atoms with E-state index in [9.17, 15) is 9.59 Å². The first kappa shape index (κ1) is 16.0. The lowest BCUT2D eigenvalue weighted by molar-refractivity contribution is -0.145. The molecular formula is C15H22N2O3S. The van der Waals surface area contributed by atoms with Crippen LogP contribution in [-0.2, 0) is 16.1 Å². The minimum atomic E-state index is -0.747. The fourth-order valence-corrected chi connectivity index (χ4v) is 3.54. The molecule has 0 unspecified atom stereocenters. The molecule has 0 spiro atoms. The monoisotopic (exact) mass is 310 g/mol. The molecule has 2 rings (SSSR count). The summed E-state index contributed by atoms with van der Waals surface area (Å²) in [6.45, 7) is 6.31. The molecule has 116 valence electrons. The molecule has 6 heteroatoms. The summed E-state index contributed by atoms with van der Waals surface area (Å²) in [5.74, 6) is -0.980. The van der Waals surface area contributed by atoms with Crippen LogP contribution in [0.5, 0.6) is 0 Å². The summed E-state index contributed by atoms with van der Waals surface area (Å²) in [6, 6.07) is 2.15. The highest BCUT2D eigenvalue weighted by Gasteiger charge is 2.26. The summed E-state index contributed by atoms with van der Waals surface area (Å²) < 4.78 is 0. The maximum absolute atomic E-state index is 12.1. The lowest BCUT2D eigenvalue weighted by Crippen LogP contribution is -2.43. The third kappa shape index (κ3) is 4.28. The molecule has 1 aromatic heterocycles. The normalized spacial score (nSPS) is 16.2. The largest absolute Gasteiger partial charge is 0.481 e. The fraction of sp³-hybridized carbons (Fsp3) is 0.600. The van der Waals surface area contributed by atoms with Gasteiger partial charge in [0, 0.05) is 29.4 Å². The van der Waals surface area contributed by atoms with Crippen molar-refractivity contribution in [2.75, 3.05) is 19.6 Å². The molecule has 2 heterocycles. The maximum Gasteiger partial charge on any atom is 0.306 e. The highest BCUT2D eigenvalue weighted by atomic mass is 32.1. The quantitative estimate of drug-likeness (QED) is 0.870. The second kappa shape index (κ2) is 7.04. The molecule has 1 aliphatic heterocycles. The first-order valence-corrected chi connectivity index (χ1v) is 8.06. The predicted octanol–water partition coefficient (Wildman–Crippen LogP) is 1.78. The number of carboxylic acids is 1. The van der Waals surface area contributed by atoms with E-state index in [0.717, 1.165) is 0 Å². The van der Waals surface area contributed by atoms with Crippen molar-refractivity contribution in [3.05, 3.63) is 21.4 Å². The molecule has 5 nitrogen and oxygen atoms in total. The smallest absolute Gasteiger partial charge is 0.306 e. The van der Waals surface area contributed by atoms with Gasteiger partial charge in [-0.05, 0) is 38.3 Å². The van der Waals surface area contributed by atoms with Crippen molar-refractivity contribution in [3.8, 4) is 0 Å². The molecule has 0 saturated carbocycles. The first-order valence-electron chi connectivity index (χ1n) is 7.24. The number of amides is 1. The van der Waals surface area contributed by atoms with Gasteiger partial charge >= 0.3 is 5.97 Å². The van der Waals surface area contributed by atoms with E-state index >= 15 is 0 Å². The first-order chi connectivity index (χ1) is 9.97. The average Bonchev–Trinajstić information content (AvgIpc) is 2.77. The Morgan fingerprint density at radius 3 is 2.57 bits per heavy atom. The Morgan fingerprint density at radius 1 is 1.38 bits per heavy atom. The Kier molecular flexibility index (Phi) is 5.36. The summed E-state index contributed by atoms with van der Waals surface area (Å²) in [5, 5.41) is 12.1. The minimum absolute atomic E-state index is 0.0591. The van der Waals surface area contributed by atoms with Gasteiger partial charge < -0.3 is 15.3 Å². The number of carboxylic acid groups (broad SMARTS) is 1. The van der Waals surface area contributed by atoms with E-state index in [-0.39, 0.29) is 11.8 Å². The van der Waals surface area contributed by atoms with E-state index in [1.165, 1.54) is 15.3 Å². The van der Waals surface area contributed by atoms with E-state index in [0.29, 0.717) is 39.0 Å². The number of hydrogen-bond acceptors (Lipinski definition) is 4. The summed E-state index contributed by atoms with van der Waals surface area (Å²) in [7, 11) is 0. The minimum Gasteiger partial charge on any atom is -0.481 e. The van der Waals surface area contributed by atoms with Crippen LogP contribution in [-0.4, -0.2) is 41.5 Å². The van der Waals surface area contributed by atoms with E-state index in [1.807, 2.05) is 0 Å². The van der Waals surface area contributed by atoms with Crippen molar-refractivity contribution >= 4 is 23.2 Å². The molecule has 0 bridgehead atoms. The van der Waals surface area contributed by atoms with E-state index in [4.69, 9.17) is 5.11 Å². The molecule has 1 saturated heterocycles. The SMILES string of the molecule is Cc1cc(CNCC(=O)N2CCC(C(=O)O)CC2)sc1C. The zero-order valence-corrected chi connectivity index (χ0v) is 13.3. The summed E-state index contributed by atoms with van der Waals surface area (Å²) in [4.78, 5) is 27.2. The van der Waals surface area contributed by atoms with Crippen LogP contribution >= 0.6 is 11.3 Å². The standard InChI is InChI=1S/C15H22N2O3S/c1-10-7-13(21-11(10)2)8-16-9-14(18)17-5-3-12(4-6-17)15(19)20/h7,12,16H,3-6,8-9H2,1-2H3,(H,19,20). The van der Waals surface area contributed by atoms with E-state index < -0.39 is 5.97 Å². The van der Waals surface area contributed by atoms with E-state index in [2.05, 4.69) is 25.2 Å². The number of carbonyl (C=O) groups excluding carboxylic acids is 1. The van der Waals surface area contributed by atoms with Crippen molar-refractivity contribution in [3.63, 3.8) is 0 Å². The second-order valence-electron chi connectivity index (χ2n) is 5.55. The molecule has 0 radical (unpaired) electrons.